The number of nitrogens with zero attached hydrogens (tertiary/aromatic N) is 5. The fourth-order valence-electron chi connectivity index (χ4n) is 3.82. The second kappa shape index (κ2) is 10.6. The van der Waals surface area contributed by atoms with E-state index in [0.29, 0.717) is 12.0 Å². The normalized spacial score (nSPS) is 20.9. The summed E-state index contributed by atoms with van der Waals surface area (Å²) in [5.74, 6) is 2.81. The molecule has 7 nitrogen and oxygen atoms in total. The SMILES string of the molecule is CCCC1(C)CCCN(C(=NCc2nnc(C)n2C)NCCCOCC)C1. The molecule has 1 aliphatic rings. The van der Waals surface area contributed by atoms with Crippen LogP contribution in [0.2, 0.25) is 0 Å². The highest BCUT2D eigenvalue weighted by molar-refractivity contribution is 5.80. The molecule has 1 aromatic rings. The van der Waals surface area contributed by atoms with Crippen LogP contribution in [-0.4, -0.2) is 58.5 Å². The smallest absolute Gasteiger partial charge is 0.194 e. The van der Waals surface area contributed by atoms with Crippen LogP contribution in [0.5, 0.6) is 0 Å². The molecule has 1 aromatic heterocycles. The van der Waals surface area contributed by atoms with E-state index in [0.717, 1.165) is 56.9 Å². The van der Waals surface area contributed by atoms with Crippen molar-refractivity contribution in [2.75, 3.05) is 32.8 Å². The molecule has 0 spiro atoms. The molecule has 1 fully saturated rings. The summed E-state index contributed by atoms with van der Waals surface area (Å²) in [6.45, 7) is 13.8. The maximum Gasteiger partial charge on any atom is 0.194 e. The van der Waals surface area contributed by atoms with Gasteiger partial charge in [0.1, 0.15) is 12.4 Å². The van der Waals surface area contributed by atoms with Gasteiger partial charge in [0.2, 0.25) is 0 Å². The average molecular weight is 379 g/mol. The van der Waals surface area contributed by atoms with Crippen LogP contribution in [0.25, 0.3) is 0 Å². The van der Waals surface area contributed by atoms with Gasteiger partial charge in [0.15, 0.2) is 11.8 Å². The summed E-state index contributed by atoms with van der Waals surface area (Å²) in [7, 11) is 1.99. The first-order chi connectivity index (χ1) is 13.0. The maximum atomic E-state index is 5.46. The minimum Gasteiger partial charge on any atom is -0.382 e. The molecule has 0 radical (unpaired) electrons. The monoisotopic (exact) mass is 378 g/mol. The highest BCUT2D eigenvalue weighted by Gasteiger charge is 2.31. The lowest BCUT2D eigenvalue weighted by Crippen LogP contribution is -2.50. The summed E-state index contributed by atoms with van der Waals surface area (Å²) in [4.78, 5) is 7.34. The Bertz CT molecular complexity index is 595. The predicted octanol–water partition coefficient (Wildman–Crippen LogP) is 2.90. The van der Waals surface area contributed by atoms with Gasteiger partial charge < -0.3 is 19.5 Å². The molecule has 0 bridgehead atoms. The zero-order valence-electron chi connectivity index (χ0n) is 17.9. The molecule has 1 atom stereocenters. The zero-order chi connectivity index (χ0) is 19.7. The van der Waals surface area contributed by atoms with Crippen molar-refractivity contribution in [3.63, 3.8) is 0 Å². The molecule has 0 aromatic carbocycles. The summed E-state index contributed by atoms with van der Waals surface area (Å²) in [6.07, 6.45) is 6.01. The van der Waals surface area contributed by atoms with Crippen molar-refractivity contribution in [1.82, 2.24) is 25.0 Å². The number of aromatic nitrogens is 3. The molecule has 154 valence electrons. The van der Waals surface area contributed by atoms with E-state index in [4.69, 9.17) is 9.73 Å². The number of hydrogen-bond acceptors (Lipinski definition) is 4. The largest absolute Gasteiger partial charge is 0.382 e. The lowest BCUT2D eigenvalue weighted by atomic mass is 9.78. The minimum absolute atomic E-state index is 0.377. The van der Waals surface area contributed by atoms with Crippen LogP contribution in [0.15, 0.2) is 4.99 Å². The molecular weight excluding hydrogens is 340 g/mol. The predicted molar refractivity (Wildman–Crippen MR) is 110 cm³/mol. The number of ether oxygens (including phenoxy) is 1. The summed E-state index contributed by atoms with van der Waals surface area (Å²) < 4.78 is 7.47. The standard InChI is InChI=1S/C20H38N6O/c1-6-10-20(4)11-8-13-26(16-20)19(21-12-9-14-27-7-2)22-15-18-24-23-17(3)25(18)5/h6-16H2,1-5H3,(H,21,22). The van der Waals surface area contributed by atoms with Gasteiger partial charge in [-0.1, -0.05) is 20.3 Å². The Morgan fingerprint density at radius 1 is 1.33 bits per heavy atom. The van der Waals surface area contributed by atoms with Crippen LogP contribution in [0.1, 0.15) is 64.5 Å². The maximum absolute atomic E-state index is 5.46. The van der Waals surface area contributed by atoms with Crippen LogP contribution in [0, 0.1) is 12.3 Å². The van der Waals surface area contributed by atoms with E-state index in [1.807, 2.05) is 25.5 Å². The molecule has 7 heteroatoms. The Kier molecular flexibility index (Phi) is 8.54. The Morgan fingerprint density at radius 3 is 2.81 bits per heavy atom. The fourth-order valence-corrected chi connectivity index (χ4v) is 3.82. The van der Waals surface area contributed by atoms with E-state index in [1.165, 1.54) is 25.7 Å². The Morgan fingerprint density at radius 2 is 2.15 bits per heavy atom. The van der Waals surface area contributed by atoms with Gasteiger partial charge in [0.05, 0.1) is 0 Å². The lowest BCUT2D eigenvalue weighted by Gasteiger charge is -2.42. The van der Waals surface area contributed by atoms with E-state index in [-0.39, 0.29) is 0 Å². The van der Waals surface area contributed by atoms with Gasteiger partial charge in [-0.3, -0.25) is 0 Å². The first-order valence-electron chi connectivity index (χ1n) is 10.4. The van der Waals surface area contributed by atoms with E-state index < -0.39 is 0 Å². The zero-order valence-corrected chi connectivity index (χ0v) is 17.9. The lowest BCUT2D eigenvalue weighted by molar-refractivity contribution is 0.138. The number of hydrogen-bond donors (Lipinski definition) is 1. The highest BCUT2D eigenvalue weighted by Crippen LogP contribution is 2.33. The van der Waals surface area contributed by atoms with Gasteiger partial charge in [0, 0.05) is 39.9 Å². The molecule has 1 N–H and O–H groups in total. The second-order valence-corrected chi connectivity index (χ2v) is 7.93. The van der Waals surface area contributed by atoms with Crippen LogP contribution in [-0.2, 0) is 18.3 Å². The van der Waals surface area contributed by atoms with Crippen molar-refractivity contribution in [2.24, 2.45) is 17.5 Å². The van der Waals surface area contributed by atoms with Crippen molar-refractivity contribution in [3.05, 3.63) is 11.6 Å². The molecule has 1 aliphatic heterocycles. The number of rotatable bonds is 9. The summed E-state index contributed by atoms with van der Waals surface area (Å²) >= 11 is 0. The number of likely N-dealkylation sites (tertiary alicyclic amines) is 1. The van der Waals surface area contributed by atoms with E-state index in [9.17, 15) is 0 Å². The van der Waals surface area contributed by atoms with Gasteiger partial charge >= 0.3 is 0 Å². The van der Waals surface area contributed by atoms with Crippen molar-refractivity contribution >= 4 is 5.96 Å². The summed E-state index contributed by atoms with van der Waals surface area (Å²) in [5.41, 5.74) is 0.377. The van der Waals surface area contributed by atoms with Crippen molar-refractivity contribution < 1.29 is 4.74 Å². The first-order valence-corrected chi connectivity index (χ1v) is 10.4. The van der Waals surface area contributed by atoms with Crippen LogP contribution in [0.4, 0.5) is 0 Å². The molecule has 2 rings (SSSR count). The van der Waals surface area contributed by atoms with Crippen LogP contribution in [0.3, 0.4) is 0 Å². The topological polar surface area (TPSA) is 67.6 Å². The molecule has 1 unspecified atom stereocenters. The average Bonchev–Trinajstić information content (AvgIpc) is 2.96. The Balaban J connectivity index is 2.06. The third-order valence-electron chi connectivity index (χ3n) is 5.44. The van der Waals surface area contributed by atoms with E-state index in [1.54, 1.807) is 0 Å². The van der Waals surface area contributed by atoms with E-state index >= 15 is 0 Å². The number of aliphatic imine (C=N–C) groups is 1. The third kappa shape index (κ3) is 6.48. The first kappa shape index (κ1) is 21.7. The van der Waals surface area contributed by atoms with Crippen molar-refractivity contribution in [2.45, 2.75) is 66.3 Å². The molecule has 0 amide bonds. The fraction of sp³-hybridized carbons (Fsp3) is 0.850. The number of nitrogens with one attached hydrogen (secondary N) is 1. The van der Waals surface area contributed by atoms with Gasteiger partial charge in [-0.2, -0.15) is 0 Å². The third-order valence-corrected chi connectivity index (χ3v) is 5.44. The molecule has 0 saturated carbocycles. The quantitative estimate of drug-likeness (QED) is 0.406. The summed E-state index contributed by atoms with van der Waals surface area (Å²) in [5, 5.41) is 12.0. The Hall–Kier alpha value is -1.63. The van der Waals surface area contributed by atoms with Gasteiger partial charge in [-0.05, 0) is 44.9 Å². The number of aryl methyl sites for hydroxylation is 1. The molecular formula is C20H38N6O. The molecule has 27 heavy (non-hydrogen) atoms. The van der Waals surface area contributed by atoms with Gasteiger partial charge in [-0.25, -0.2) is 4.99 Å². The molecule has 1 saturated heterocycles. The number of piperidine rings is 1. The summed E-state index contributed by atoms with van der Waals surface area (Å²) in [6, 6.07) is 0. The molecule has 0 aliphatic carbocycles. The highest BCUT2D eigenvalue weighted by atomic mass is 16.5. The van der Waals surface area contributed by atoms with Gasteiger partial charge in [-0.15, -0.1) is 10.2 Å². The van der Waals surface area contributed by atoms with Crippen molar-refractivity contribution in [3.8, 4) is 0 Å². The number of guanidine groups is 1. The minimum atomic E-state index is 0.377. The second-order valence-electron chi connectivity index (χ2n) is 7.93. The van der Waals surface area contributed by atoms with Crippen LogP contribution >= 0.6 is 0 Å². The Labute approximate surface area is 164 Å². The van der Waals surface area contributed by atoms with Crippen LogP contribution < -0.4 is 5.32 Å². The van der Waals surface area contributed by atoms with Gasteiger partial charge in [0.25, 0.3) is 0 Å². The van der Waals surface area contributed by atoms with Crippen molar-refractivity contribution in [1.29, 1.82) is 0 Å². The van der Waals surface area contributed by atoms with E-state index in [2.05, 4.69) is 34.3 Å². The molecule has 2 heterocycles.